The maximum absolute atomic E-state index is 10.9. The van der Waals surface area contributed by atoms with E-state index in [1.165, 1.54) is 77.0 Å². The summed E-state index contributed by atoms with van der Waals surface area (Å²) in [5, 5.41) is 7.94. The van der Waals surface area contributed by atoms with E-state index in [4.69, 9.17) is 9.66 Å². The van der Waals surface area contributed by atoms with Gasteiger partial charge in [0.05, 0.1) is 6.61 Å². The van der Waals surface area contributed by atoms with Crippen molar-refractivity contribution < 1.29 is 18.1 Å². The molecule has 146 valence electrons. The molecule has 0 aromatic rings. The molecule has 1 atom stereocenters. The van der Waals surface area contributed by atoms with E-state index in [-0.39, 0.29) is 0 Å². The molecule has 0 fully saturated rings. The molecule has 0 saturated heterocycles. The summed E-state index contributed by atoms with van der Waals surface area (Å²) in [6.45, 7) is 1.77. The molecule has 0 aliphatic rings. The largest absolute Gasteiger partial charge is 0.395 e. The molecule has 0 heterocycles. The van der Waals surface area contributed by atoms with Gasteiger partial charge in [0.1, 0.15) is 5.25 Å². The first-order valence-electron chi connectivity index (χ1n) is 10.1. The van der Waals surface area contributed by atoms with Gasteiger partial charge in [0, 0.05) is 0 Å². The molecule has 4 nitrogen and oxygen atoms in total. The number of hydrogen-bond donors (Lipinski definition) is 2. The molecule has 0 aromatic heterocycles. The van der Waals surface area contributed by atoms with Crippen LogP contribution in [0.25, 0.3) is 0 Å². The lowest BCUT2D eigenvalue weighted by molar-refractivity contribution is 0.276. The van der Waals surface area contributed by atoms with Gasteiger partial charge in [0.25, 0.3) is 10.1 Å². The summed E-state index contributed by atoms with van der Waals surface area (Å²) in [5.41, 5.74) is 0. The Kier molecular flexibility index (Phi) is 16.3. The minimum absolute atomic E-state index is 0.355. The standard InChI is InChI=1S/C19H40O4S/c1-2-3-4-5-6-7-8-9-10-11-12-13-14-15-16-17-19(18-20)24(21,22)23/h19-20H,2-18H2,1H3,(H,21,22,23). The average molecular weight is 365 g/mol. The van der Waals surface area contributed by atoms with E-state index >= 15 is 0 Å². The molecule has 0 aliphatic heterocycles. The van der Waals surface area contributed by atoms with Crippen LogP contribution in [0, 0.1) is 0 Å². The van der Waals surface area contributed by atoms with Crippen LogP contribution in [0.3, 0.4) is 0 Å². The molecule has 5 heteroatoms. The molecular formula is C19H40O4S. The van der Waals surface area contributed by atoms with Crippen LogP contribution in [-0.2, 0) is 10.1 Å². The fourth-order valence-electron chi connectivity index (χ4n) is 3.08. The lowest BCUT2D eigenvalue weighted by atomic mass is 10.0. The molecule has 24 heavy (non-hydrogen) atoms. The molecule has 0 aliphatic carbocycles. The second-order valence-corrected chi connectivity index (χ2v) is 8.75. The zero-order chi connectivity index (χ0) is 18.1. The summed E-state index contributed by atoms with van der Waals surface area (Å²) in [6, 6.07) is 0. The Morgan fingerprint density at radius 3 is 1.29 bits per heavy atom. The molecule has 0 radical (unpaired) electrons. The zero-order valence-corrected chi connectivity index (χ0v) is 16.5. The molecule has 0 rings (SSSR count). The predicted molar refractivity (Wildman–Crippen MR) is 102 cm³/mol. The molecule has 1 unspecified atom stereocenters. The van der Waals surface area contributed by atoms with E-state index in [0.29, 0.717) is 6.42 Å². The summed E-state index contributed by atoms with van der Waals surface area (Å²) < 4.78 is 30.8. The first kappa shape index (κ1) is 23.9. The Morgan fingerprint density at radius 1 is 0.667 bits per heavy atom. The van der Waals surface area contributed by atoms with Crippen LogP contribution in [0.5, 0.6) is 0 Å². The van der Waals surface area contributed by atoms with Gasteiger partial charge in [-0.3, -0.25) is 4.55 Å². The van der Waals surface area contributed by atoms with Gasteiger partial charge >= 0.3 is 0 Å². The molecule has 0 spiro atoms. The van der Waals surface area contributed by atoms with Crippen LogP contribution in [0.15, 0.2) is 0 Å². The van der Waals surface area contributed by atoms with Crippen molar-refractivity contribution in [1.82, 2.24) is 0 Å². The van der Waals surface area contributed by atoms with Crippen LogP contribution < -0.4 is 0 Å². The highest BCUT2D eigenvalue weighted by Gasteiger charge is 2.20. The Labute approximate surface area is 150 Å². The van der Waals surface area contributed by atoms with Crippen molar-refractivity contribution >= 4 is 10.1 Å². The van der Waals surface area contributed by atoms with Crippen LogP contribution in [0.4, 0.5) is 0 Å². The number of hydrogen-bond acceptors (Lipinski definition) is 3. The zero-order valence-electron chi connectivity index (χ0n) is 15.7. The number of rotatable bonds is 18. The Morgan fingerprint density at radius 2 is 1.00 bits per heavy atom. The quantitative estimate of drug-likeness (QED) is 0.249. The number of aliphatic hydroxyl groups is 1. The molecule has 0 bridgehead atoms. The van der Waals surface area contributed by atoms with Crippen LogP contribution in [0.1, 0.15) is 110 Å². The topological polar surface area (TPSA) is 74.6 Å². The summed E-state index contributed by atoms with van der Waals surface area (Å²) in [7, 11) is -4.08. The van der Waals surface area contributed by atoms with Gasteiger partial charge in [-0.25, -0.2) is 0 Å². The van der Waals surface area contributed by atoms with Crippen molar-refractivity contribution in [1.29, 1.82) is 0 Å². The van der Waals surface area contributed by atoms with E-state index in [2.05, 4.69) is 6.92 Å². The maximum atomic E-state index is 10.9. The third-order valence-corrected chi connectivity index (χ3v) is 5.98. The fraction of sp³-hybridized carbons (Fsp3) is 1.00. The van der Waals surface area contributed by atoms with E-state index in [1.54, 1.807) is 0 Å². The molecular weight excluding hydrogens is 324 g/mol. The van der Waals surface area contributed by atoms with E-state index in [0.717, 1.165) is 19.3 Å². The monoisotopic (exact) mass is 364 g/mol. The maximum Gasteiger partial charge on any atom is 0.270 e. The Hall–Kier alpha value is -0.130. The van der Waals surface area contributed by atoms with Gasteiger partial charge in [-0.1, -0.05) is 103 Å². The SMILES string of the molecule is CCCCCCCCCCCCCCCCCC(CO)S(=O)(=O)O. The van der Waals surface area contributed by atoms with Gasteiger partial charge in [0.15, 0.2) is 0 Å². The summed E-state index contributed by atoms with van der Waals surface area (Å²) >= 11 is 0. The number of unbranched alkanes of at least 4 members (excludes halogenated alkanes) is 14. The normalized spacial score (nSPS) is 13.3. The van der Waals surface area contributed by atoms with Crippen molar-refractivity contribution in [2.45, 2.75) is 115 Å². The third-order valence-electron chi connectivity index (χ3n) is 4.75. The van der Waals surface area contributed by atoms with Crippen LogP contribution in [-0.4, -0.2) is 29.9 Å². The van der Waals surface area contributed by atoms with E-state index in [9.17, 15) is 8.42 Å². The summed E-state index contributed by atoms with van der Waals surface area (Å²) in [5.74, 6) is 0. The molecule has 0 saturated carbocycles. The highest BCUT2D eigenvalue weighted by atomic mass is 32.2. The second kappa shape index (κ2) is 16.3. The lowest BCUT2D eigenvalue weighted by Gasteiger charge is -2.10. The smallest absolute Gasteiger partial charge is 0.270 e. The van der Waals surface area contributed by atoms with E-state index in [1.807, 2.05) is 0 Å². The first-order valence-corrected chi connectivity index (χ1v) is 11.6. The van der Waals surface area contributed by atoms with Gasteiger partial charge in [-0.2, -0.15) is 8.42 Å². The fourth-order valence-corrected chi connectivity index (χ4v) is 3.73. The molecule has 0 aromatic carbocycles. The second-order valence-electron chi connectivity index (χ2n) is 7.06. The van der Waals surface area contributed by atoms with Crippen LogP contribution in [0.2, 0.25) is 0 Å². The summed E-state index contributed by atoms with van der Waals surface area (Å²) in [6.07, 6.45) is 19.4. The predicted octanol–water partition coefficient (Wildman–Crippen LogP) is 5.50. The van der Waals surface area contributed by atoms with Gasteiger partial charge in [-0.15, -0.1) is 0 Å². The lowest BCUT2D eigenvalue weighted by Crippen LogP contribution is -2.24. The van der Waals surface area contributed by atoms with Crippen LogP contribution >= 0.6 is 0 Å². The average Bonchev–Trinajstić information content (AvgIpc) is 2.53. The van der Waals surface area contributed by atoms with E-state index < -0.39 is 22.0 Å². The van der Waals surface area contributed by atoms with Crippen molar-refractivity contribution in [2.75, 3.05) is 6.61 Å². The first-order chi connectivity index (χ1) is 11.5. The van der Waals surface area contributed by atoms with Gasteiger partial charge in [-0.05, 0) is 6.42 Å². The Balaban J connectivity index is 3.23. The van der Waals surface area contributed by atoms with Crippen molar-refractivity contribution in [3.05, 3.63) is 0 Å². The van der Waals surface area contributed by atoms with Crippen molar-refractivity contribution in [3.8, 4) is 0 Å². The van der Waals surface area contributed by atoms with Gasteiger partial charge in [0.2, 0.25) is 0 Å². The minimum Gasteiger partial charge on any atom is -0.395 e. The number of aliphatic hydroxyl groups excluding tert-OH is 1. The third kappa shape index (κ3) is 15.4. The minimum atomic E-state index is -4.08. The molecule has 2 N–H and O–H groups in total. The highest BCUT2D eigenvalue weighted by molar-refractivity contribution is 7.86. The highest BCUT2D eigenvalue weighted by Crippen LogP contribution is 2.15. The van der Waals surface area contributed by atoms with Crippen molar-refractivity contribution in [3.63, 3.8) is 0 Å². The van der Waals surface area contributed by atoms with Gasteiger partial charge < -0.3 is 5.11 Å². The molecule has 0 amide bonds. The summed E-state index contributed by atoms with van der Waals surface area (Å²) in [4.78, 5) is 0. The Bertz CT molecular complexity index is 354. The van der Waals surface area contributed by atoms with Crippen molar-refractivity contribution in [2.24, 2.45) is 0 Å².